The van der Waals surface area contributed by atoms with Crippen molar-refractivity contribution in [2.45, 2.75) is 12.5 Å². The summed E-state index contributed by atoms with van der Waals surface area (Å²) in [5.74, 6) is 1.13. The maximum atomic E-state index is 5.97. The van der Waals surface area contributed by atoms with Crippen LogP contribution in [-0.4, -0.2) is 4.98 Å². The minimum absolute atomic E-state index is 0.368. The van der Waals surface area contributed by atoms with E-state index in [4.69, 9.17) is 27.9 Å². The molecule has 106 valence electrons. The average molecular weight is 318 g/mol. The van der Waals surface area contributed by atoms with Gasteiger partial charge in [-0.3, -0.25) is 4.98 Å². The van der Waals surface area contributed by atoms with E-state index in [1.807, 2.05) is 42.5 Å². The largest absolute Gasteiger partial charge is 0.489 e. The molecule has 3 aromatic rings. The van der Waals surface area contributed by atoms with Crippen molar-refractivity contribution in [3.63, 3.8) is 0 Å². The van der Waals surface area contributed by atoms with Crippen LogP contribution in [0.3, 0.4) is 0 Å². The van der Waals surface area contributed by atoms with E-state index in [0.717, 1.165) is 27.8 Å². The smallest absolute Gasteiger partial charge is 0.124 e. The molecule has 2 aromatic carbocycles. The van der Waals surface area contributed by atoms with Crippen LogP contribution in [0.5, 0.6) is 5.75 Å². The number of benzene rings is 2. The Balaban J connectivity index is 1.87. The summed E-state index contributed by atoms with van der Waals surface area (Å²) in [7, 11) is 0. The second-order valence-electron chi connectivity index (χ2n) is 4.66. The lowest BCUT2D eigenvalue weighted by atomic mass is 10.1. The molecule has 0 saturated carbocycles. The number of fused-ring (bicyclic) bond motifs is 1. The van der Waals surface area contributed by atoms with Crippen molar-refractivity contribution in [2.75, 3.05) is 0 Å². The third-order valence-electron chi connectivity index (χ3n) is 3.29. The summed E-state index contributed by atoms with van der Waals surface area (Å²) in [4.78, 5) is 4.35. The minimum atomic E-state index is 0.368. The van der Waals surface area contributed by atoms with Gasteiger partial charge in [-0.15, -0.1) is 11.6 Å². The highest BCUT2D eigenvalue weighted by Crippen LogP contribution is 2.26. The highest BCUT2D eigenvalue weighted by Gasteiger charge is 2.06. The molecule has 0 N–H and O–H groups in total. The Kier molecular flexibility index (Phi) is 4.28. The number of hydrogen-bond donors (Lipinski definition) is 0. The predicted octanol–water partition coefficient (Wildman–Crippen LogP) is 5.21. The summed E-state index contributed by atoms with van der Waals surface area (Å²) < 4.78 is 5.91. The Labute approximate surface area is 133 Å². The van der Waals surface area contributed by atoms with Gasteiger partial charge in [0.25, 0.3) is 0 Å². The van der Waals surface area contributed by atoms with E-state index in [1.54, 1.807) is 12.3 Å². The Hall–Kier alpha value is -1.77. The summed E-state index contributed by atoms with van der Waals surface area (Å²) in [5.41, 5.74) is 2.95. The van der Waals surface area contributed by atoms with Crippen LogP contribution in [0.2, 0.25) is 5.02 Å². The molecule has 0 radical (unpaired) electrons. The monoisotopic (exact) mass is 317 g/mol. The van der Waals surface area contributed by atoms with Gasteiger partial charge in [0, 0.05) is 27.7 Å². The number of rotatable bonds is 4. The second kappa shape index (κ2) is 6.33. The summed E-state index contributed by atoms with van der Waals surface area (Å²) in [5, 5.41) is 1.76. The lowest BCUT2D eigenvalue weighted by Crippen LogP contribution is -1.99. The first-order valence-corrected chi connectivity index (χ1v) is 7.49. The number of alkyl halides is 1. The van der Waals surface area contributed by atoms with Crippen LogP contribution in [0.4, 0.5) is 0 Å². The molecule has 3 rings (SSSR count). The number of aromatic nitrogens is 1. The predicted molar refractivity (Wildman–Crippen MR) is 87.1 cm³/mol. The van der Waals surface area contributed by atoms with Crippen molar-refractivity contribution in [3.05, 3.63) is 70.9 Å². The van der Waals surface area contributed by atoms with Crippen LogP contribution in [-0.2, 0) is 12.5 Å². The van der Waals surface area contributed by atoms with Gasteiger partial charge in [-0.05, 0) is 30.3 Å². The van der Waals surface area contributed by atoms with E-state index in [1.165, 1.54) is 0 Å². The van der Waals surface area contributed by atoms with Crippen LogP contribution in [0.25, 0.3) is 10.9 Å². The van der Waals surface area contributed by atoms with Crippen LogP contribution >= 0.6 is 23.2 Å². The Bertz CT molecular complexity index is 768. The van der Waals surface area contributed by atoms with Crippen molar-refractivity contribution in [2.24, 2.45) is 0 Å². The van der Waals surface area contributed by atoms with Crippen LogP contribution in [0, 0.1) is 0 Å². The highest BCUT2D eigenvalue weighted by atomic mass is 35.5. The van der Waals surface area contributed by atoms with E-state index in [-0.39, 0.29) is 0 Å². The van der Waals surface area contributed by atoms with Gasteiger partial charge in [-0.1, -0.05) is 29.8 Å². The number of ether oxygens (including phenoxy) is 1. The van der Waals surface area contributed by atoms with Gasteiger partial charge < -0.3 is 4.74 Å². The molecule has 0 unspecified atom stereocenters. The Morgan fingerprint density at radius 2 is 1.86 bits per heavy atom. The van der Waals surface area contributed by atoms with Crippen molar-refractivity contribution in [3.8, 4) is 5.75 Å². The van der Waals surface area contributed by atoms with Gasteiger partial charge in [0.2, 0.25) is 0 Å². The first kappa shape index (κ1) is 14.2. The molecule has 0 spiro atoms. The molecule has 0 saturated heterocycles. The highest BCUT2D eigenvalue weighted by molar-refractivity contribution is 6.30. The molecule has 0 amide bonds. The molecule has 1 heterocycles. The number of pyridine rings is 1. The van der Waals surface area contributed by atoms with E-state index < -0.39 is 0 Å². The molecule has 4 heteroatoms. The average Bonchev–Trinajstić information content (AvgIpc) is 2.53. The van der Waals surface area contributed by atoms with Crippen molar-refractivity contribution < 1.29 is 4.74 Å². The summed E-state index contributed by atoms with van der Waals surface area (Å²) in [6.07, 6.45) is 1.80. The molecule has 21 heavy (non-hydrogen) atoms. The van der Waals surface area contributed by atoms with E-state index in [0.29, 0.717) is 17.5 Å². The lowest BCUT2D eigenvalue weighted by molar-refractivity contribution is 0.305. The third kappa shape index (κ3) is 3.12. The lowest BCUT2D eigenvalue weighted by Gasteiger charge is -2.11. The fourth-order valence-electron chi connectivity index (χ4n) is 2.23. The zero-order chi connectivity index (χ0) is 14.7. The first-order chi connectivity index (χ1) is 10.3. The summed E-state index contributed by atoms with van der Waals surface area (Å²) in [6, 6.07) is 15.5. The zero-order valence-corrected chi connectivity index (χ0v) is 12.7. The number of nitrogens with zero attached hydrogens (tertiary/aromatic N) is 1. The van der Waals surface area contributed by atoms with Crippen LogP contribution in [0.1, 0.15) is 11.1 Å². The molecular formula is C17H13Cl2NO. The van der Waals surface area contributed by atoms with Crippen molar-refractivity contribution in [1.29, 1.82) is 0 Å². The minimum Gasteiger partial charge on any atom is -0.489 e. The third-order valence-corrected chi connectivity index (χ3v) is 3.81. The van der Waals surface area contributed by atoms with Gasteiger partial charge in [-0.2, -0.15) is 0 Å². The van der Waals surface area contributed by atoms with Crippen molar-refractivity contribution in [1.82, 2.24) is 4.98 Å². The quantitative estimate of drug-likeness (QED) is 0.616. The molecule has 0 atom stereocenters. The van der Waals surface area contributed by atoms with Gasteiger partial charge in [0.15, 0.2) is 0 Å². The topological polar surface area (TPSA) is 22.1 Å². The molecule has 0 fully saturated rings. The number of hydrogen-bond acceptors (Lipinski definition) is 2. The fraction of sp³-hybridized carbons (Fsp3) is 0.118. The van der Waals surface area contributed by atoms with Gasteiger partial charge in [-0.25, -0.2) is 0 Å². The number of halogens is 2. The summed E-state index contributed by atoms with van der Waals surface area (Å²) in [6.45, 7) is 0.467. The first-order valence-electron chi connectivity index (χ1n) is 6.58. The number of para-hydroxylation sites is 1. The van der Waals surface area contributed by atoms with Gasteiger partial charge in [0.05, 0.1) is 11.4 Å². The SMILES string of the molecule is ClCc1cc(Cl)ccc1OCc1ccnc2ccccc12. The molecule has 2 nitrogen and oxygen atoms in total. The molecule has 0 aliphatic carbocycles. The molecule has 0 aliphatic rings. The fourth-order valence-corrected chi connectivity index (χ4v) is 2.63. The van der Waals surface area contributed by atoms with Gasteiger partial charge >= 0.3 is 0 Å². The van der Waals surface area contributed by atoms with Gasteiger partial charge in [0.1, 0.15) is 12.4 Å². The van der Waals surface area contributed by atoms with Crippen LogP contribution < -0.4 is 4.74 Å². The maximum absolute atomic E-state index is 5.97. The molecule has 0 aliphatic heterocycles. The molecule has 1 aromatic heterocycles. The van der Waals surface area contributed by atoms with Crippen LogP contribution in [0.15, 0.2) is 54.7 Å². The standard InChI is InChI=1S/C17H13Cl2NO/c18-10-13-9-14(19)5-6-17(13)21-11-12-7-8-20-16-4-2-1-3-15(12)16/h1-9H,10-11H2. The Morgan fingerprint density at radius 1 is 1.00 bits per heavy atom. The Morgan fingerprint density at radius 3 is 2.71 bits per heavy atom. The maximum Gasteiger partial charge on any atom is 0.124 e. The second-order valence-corrected chi connectivity index (χ2v) is 5.37. The molecular weight excluding hydrogens is 305 g/mol. The van der Waals surface area contributed by atoms with Crippen molar-refractivity contribution >= 4 is 34.1 Å². The normalized spacial score (nSPS) is 10.8. The zero-order valence-electron chi connectivity index (χ0n) is 11.2. The molecule has 0 bridgehead atoms. The van der Waals surface area contributed by atoms with E-state index >= 15 is 0 Å². The summed E-state index contributed by atoms with van der Waals surface area (Å²) >= 11 is 11.9. The van der Waals surface area contributed by atoms with E-state index in [2.05, 4.69) is 4.98 Å². The van der Waals surface area contributed by atoms with E-state index in [9.17, 15) is 0 Å².